The van der Waals surface area contributed by atoms with Crippen LogP contribution < -0.4 is 0 Å². The third kappa shape index (κ3) is 4.18. The summed E-state index contributed by atoms with van der Waals surface area (Å²) in [6, 6.07) is -0.420. The van der Waals surface area contributed by atoms with Gasteiger partial charge in [0, 0.05) is 20.8 Å². The van der Waals surface area contributed by atoms with Gasteiger partial charge in [-0.3, -0.25) is 19.3 Å². The van der Waals surface area contributed by atoms with E-state index < -0.39 is 48.6 Å². The van der Waals surface area contributed by atoms with Crippen molar-refractivity contribution in [1.29, 1.82) is 0 Å². The minimum atomic E-state index is -0.902. The first-order valence-electron chi connectivity index (χ1n) is 7.24. The molecule has 5 atom stereocenters. The number of ether oxygens (including phenoxy) is 5. The molecule has 0 aromatic carbocycles. The predicted molar refractivity (Wildman–Crippen MR) is 73.9 cm³/mol. The van der Waals surface area contributed by atoms with Crippen molar-refractivity contribution in [2.45, 2.75) is 51.4 Å². The number of esters is 3. The zero-order valence-corrected chi connectivity index (χ0v) is 13.5. The molecule has 130 valence electrons. The number of nitrogens with zero attached hydrogens (tertiary/aromatic N) is 1. The normalized spacial score (nSPS) is 33.7. The molecule has 9 nitrogen and oxygen atoms in total. The van der Waals surface area contributed by atoms with Crippen LogP contribution in [0.4, 0.5) is 0 Å². The second-order valence-corrected chi connectivity index (χ2v) is 5.54. The van der Waals surface area contributed by atoms with Gasteiger partial charge in [0.05, 0.1) is 0 Å². The van der Waals surface area contributed by atoms with Crippen LogP contribution in [0.5, 0.6) is 0 Å². The van der Waals surface area contributed by atoms with E-state index in [0.717, 1.165) is 0 Å². The fourth-order valence-electron chi connectivity index (χ4n) is 2.76. The van der Waals surface area contributed by atoms with Gasteiger partial charge in [0.2, 0.25) is 0 Å². The Morgan fingerprint density at radius 1 is 1.04 bits per heavy atom. The molecular weight excluding hydrogens is 310 g/mol. The molecule has 0 radical (unpaired) electrons. The molecule has 2 fully saturated rings. The van der Waals surface area contributed by atoms with Crippen molar-refractivity contribution in [2.75, 3.05) is 20.4 Å². The Balaban J connectivity index is 2.25. The van der Waals surface area contributed by atoms with E-state index in [-0.39, 0.29) is 13.3 Å². The van der Waals surface area contributed by atoms with E-state index in [1.54, 1.807) is 11.9 Å². The van der Waals surface area contributed by atoms with E-state index in [1.165, 1.54) is 20.8 Å². The molecule has 9 heteroatoms. The van der Waals surface area contributed by atoms with Gasteiger partial charge in [0.25, 0.3) is 0 Å². The highest BCUT2D eigenvalue weighted by atomic mass is 16.7. The molecule has 2 heterocycles. The lowest BCUT2D eigenvalue weighted by molar-refractivity contribution is -0.257. The molecule has 0 spiro atoms. The first-order chi connectivity index (χ1) is 10.8. The second-order valence-electron chi connectivity index (χ2n) is 5.54. The van der Waals surface area contributed by atoms with Gasteiger partial charge in [-0.05, 0) is 7.05 Å². The topological polar surface area (TPSA) is 101 Å². The lowest BCUT2D eigenvalue weighted by Crippen LogP contribution is -2.62. The molecule has 2 rings (SSSR count). The molecule has 2 aliphatic heterocycles. The van der Waals surface area contributed by atoms with Gasteiger partial charge in [0.15, 0.2) is 18.5 Å². The van der Waals surface area contributed by atoms with E-state index in [0.29, 0.717) is 0 Å². The van der Waals surface area contributed by atoms with Gasteiger partial charge in [-0.15, -0.1) is 0 Å². The van der Waals surface area contributed by atoms with Crippen molar-refractivity contribution in [3.8, 4) is 0 Å². The molecule has 23 heavy (non-hydrogen) atoms. The Hall–Kier alpha value is -1.71. The number of hydrogen-bond acceptors (Lipinski definition) is 9. The maximum Gasteiger partial charge on any atom is 0.303 e. The predicted octanol–water partition coefficient (Wildman–Crippen LogP) is -0.574. The monoisotopic (exact) mass is 331 g/mol. The Kier molecular flexibility index (Phi) is 5.55. The quantitative estimate of drug-likeness (QED) is 0.495. The molecule has 0 bridgehead atoms. The highest BCUT2D eigenvalue weighted by Crippen LogP contribution is 2.33. The van der Waals surface area contributed by atoms with Crippen molar-refractivity contribution in [3.05, 3.63) is 0 Å². The zero-order chi connectivity index (χ0) is 17.1. The van der Waals surface area contributed by atoms with Crippen LogP contribution in [-0.2, 0) is 38.1 Å². The molecule has 0 aromatic rings. The molecular formula is C14H21NO8. The molecule has 0 N–H and O–H groups in total. The van der Waals surface area contributed by atoms with E-state index in [1.807, 2.05) is 0 Å². The van der Waals surface area contributed by atoms with Crippen LogP contribution in [0.15, 0.2) is 0 Å². The summed E-state index contributed by atoms with van der Waals surface area (Å²) in [6.07, 6.45) is -3.15. The van der Waals surface area contributed by atoms with Crippen molar-refractivity contribution < 1.29 is 38.1 Å². The summed E-state index contributed by atoms with van der Waals surface area (Å²) in [7, 11) is 1.78. The number of rotatable bonds is 4. The summed E-state index contributed by atoms with van der Waals surface area (Å²) in [5, 5.41) is 0. The third-order valence-electron chi connectivity index (χ3n) is 3.62. The minimum absolute atomic E-state index is 0.138. The average molecular weight is 331 g/mol. The van der Waals surface area contributed by atoms with Crippen molar-refractivity contribution in [3.63, 3.8) is 0 Å². The Morgan fingerprint density at radius 2 is 1.65 bits per heavy atom. The van der Waals surface area contributed by atoms with Crippen LogP contribution in [0.1, 0.15) is 20.8 Å². The highest BCUT2D eigenvalue weighted by Gasteiger charge is 2.54. The summed E-state index contributed by atoms with van der Waals surface area (Å²) in [5.41, 5.74) is 0. The molecule has 2 aliphatic rings. The third-order valence-corrected chi connectivity index (χ3v) is 3.62. The van der Waals surface area contributed by atoms with Crippen molar-refractivity contribution in [2.24, 2.45) is 0 Å². The van der Waals surface area contributed by atoms with Gasteiger partial charge in [-0.1, -0.05) is 0 Å². The summed E-state index contributed by atoms with van der Waals surface area (Å²) >= 11 is 0. The van der Waals surface area contributed by atoms with Crippen LogP contribution in [0, 0.1) is 0 Å². The maximum atomic E-state index is 11.5. The Labute approximate surface area is 133 Å². The maximum absolute atomic E-state index is 11.5. The molecule has 5 unspecified atom stereocenters. The number of hydrogen-bond donors (Lipinski definition) is 0. The SMILES string of the molecule is CC(=O)OCC1OC2OCN(C)C2C(OC(C)=O)C1OC(C)=O. The number of fused-ring (bicyclic) bond motifs is 1. The average Bonchev–Trinajstić information content (AvgIpc) is 2.79. The van der Waals surface area contributed by atoms with Crippen LogP contribution in [0.3, 0.4) is 0 Å². The van der Waals surface area contributed by atoms with Crippen LogP contribution in [-0.4, -0.2) is 73.8 Å². The first kappa shape index (κ1) is 17.6. The van der Waals surface area contributed by atoms with E-state index >= 15 is 0 Å². The van der Waals surface area contributed by atoms with Gasteiger partial charge < -0.3 is 23.7 Å². The lowest BCUT2D eigenvalue weighted by Gasteiger charge is -2.43. The van der Waals surface area contributed by atoms with E-state index in [2.05, 4.69) is 0 Å². The zero-order valence-electron chi connectivity index (χ0n) is 13.5. The molecule has 0 amide bonds. The fraction of sp³-hybridized carbons (Fsp3) is 0.786. The molecule has 0 aliphatic carbocycles. The van der Waals surface area contributed by atoms with Gasteiger partial charge in [-0.2, -0.15) is 0 Å². The van der Waals surface area contributed by atoms with Crippen molar-refractivity contribution >= 4 is 17.9 Å². The Morgan fingerprint density at radius 3 is 2.22 bits per heavy atom. The number of carbonyl (C=O) groups is 3. The van der Waals surface area contributed by atoms with E-state index in [4.69, 9.17) is 23.7 Å². The van der Waals surface area contributed by atoms with Gasteiger partial charge in [0.1, 0.15) is 25.5 Å². The highest BCUT2D eigenvalue weighted by molar-refractivity contribution is 5.68. The summed E-state index contributed by atoms with van der Waals surface area (Å²) in [6.45, 7) is 3.91. The van der Waals surface area contributed by atoms with Crippen molar-refractivity contribution in [1.82, 2.24) is 4.90 Å². The van der Waals surface area contributed by atoms with Crippen LogP contribution >= 0.6 is 0 Å². The number of likely N-dealkylation sites (N-methyl/N-ethyl adjacent to an activating group) is 1. The smallest absolute Gasteiger partial charge is 0.303 e. The fourth-order valence-corrected chi connectivity index (χ4v) is 2.76. The lowest BCUT2D eigenvalue weighted by atomic mass is 9.96. The number of carbonyl (C=O) groups excluding carboxylic acids is 3. The van der Waals surface area contributed by atoms with Crippen LogP contribution in [0.2, 0.25) is 0 Å². The largest absolute Gasteiger partial charge is 0.463 e. The van der Waals surface area contributed by atoms with Gasteiger partial charge in [-0.25, -0.2) is 0 Å². The summed E-state index contributed by atoms with van der Waals surface area (Å²) in [5.74, 6) is -1.56. The Bertz CT molecular complexity index is 481. The summed E-state index contributed by atoms with van der Waals surface area (Å²) in [4.78, 5) is 35.7. The van der Waals surface area contributed by atoms with E-state index in [9.17, 15) is 14.4 Å². The molecule has 2 saturated heterocycles. The molecule has 0 saturated carbocycles. The minimum Gasteiger partial charge on any atom is -0.463 e. The standard InChI is InChI=1S/C14H21NO8/c1-7(16)19-5-10-12(21-8(2)17)13(22-9(3)18)11-14(23-10)20-6-15(11)4/h10-14H,5-6H2,1-4H3. The van der Waals surface area contributed by atoms with Crippen LogP contribution in [0.25, 0.3) is 0 Å². The summed E-state index contributed by atoms with van der Waals surface area (Å²) < 4.78 is 26.9. The molecule has 0 aromatic heterocycles. The van der Waals surface area contributed by atoms with Gasteiger partial charge >= 0.3 is 17.9 Å². The second kappa shape index (κ2) is 7.24. The first-order valence-corrected chi connectivity index (χ1v) is 7.24.